The molecule has 0 saturated heterocycles. The van der Waals surface area contributed by atoms with Gasteiger partial charge in [0.05, 0.1) is 18.4 Å². The van der Waals surface area contributed by atoms with Gasteiger partial charge in [-0.2, -0.15) is 0 Å². The van der Waals surface area contributed by atoms with Crippen LogP contribution in [0.1, 0.15) is 83.3 Å². The number of fused-ring (bicyclic) bond motifs is 1. The summed E-state index contributed by atoms with van der Waals surface area (Å²) >= 11 is 0. The number of methoxy groups -OCH3 is 1. The maximum atomic E-state index is 16.0. The Morgan fingerprint density at radius 3 is 2.16 bits per heavy atom. The Morgan fingerprint density at radius 1 is 1.00 bits per heavy atom. The molecular weight excluding hydrogens is 471 g/mol. The first-order valence-electron chi connectivity index (χ1n) is 12.7. The van der Waals surface area contributed by atoms with E-state index < -0.39 is 22.5 Å². The van der Waals surface area contributed by atoms with Crippen molar-refractivity contribution >= 4 is 5.78 Å². The number of ether oxygens (including phenoxy) is 1. The molecule has 0 unspecified atom stereocenters. The second-order valence-corrected chi connectivity index (χ2v) is 10.4. The normalized spacial score (nSPS) is 12.4. The van der Waals surface area contributed by atoms with Crippen molar-refractivity contribution in [3.05, 3.63) is 79.9 Å². The Bertz CT molecular complexity index is 1380. The SMILES string of the molecule is CC.CC(C)C.COc1c(C(C)(C)C)cc(-n2ccc(=O)[nH]c2=O)c(F)c1-c1ccc2c(c1)CCC2=O. The summed E-state index contributed by atoms with van der Waals surface area (Å²) < 4.78 is 22.7. The van der Waals surface area contributed by atoms with Gasteiger partial charge in [0.15, 0.2) is 11.6 Å². The molecule has 7 heteroatoms. The molecule has 0 bridgehead atoms. The third-order valence-electron chi connectivity index (χ3n) is 5.61. The number of aromatic nitrogens is 2. The van der Waals surface area contributed by atoms with E-state index in [9.17, 15) is 14.4 Å². The molecule has 0 atom stereocenters. The van der Waals surface area contributed by atoms with Crippen LogP contribution in [0.15, 0.2) is 46.1 Å². The number of Topliss-reactive ketones (excluding diaryl/α,β-unsaturated/α-hetero) is 1. The Labute approximate surface area is 218 Å². The van der Waals surface area contributed by atoms with Gasteiger partial charge >= 0.3 is 5.69 Å². The molecule has 37 heavy (non-hydrogen) atoms. The Balaban J connectivity index is 0.000000733. The lowest BCUT2D eigenvalue weighted by atomic mass is 9.83. The number of benzene rings is 2. The zero-order chi connectivity index (χ0) is 28.1. The fourth-order valence-electron chi connectivity index (χ4n) is 4.05. The number of carbonyl (C=O) groups is 1. The molecular formula is C30H39FN2O4. The predicted molar refractivity (Wildman–Crippen MR) is 148 cm³/mol. The van der Waals surface area contributed by atoms with Crippen molar-refractivity contribution < 1.29 is 13.9 Å². The van der Waals surface area contributed by atoms with E-state index >= 15 is 4.39 Å². The van der Waals surface area contributed by atoms with Crippen molar-refractivity contribution in [2.45, 2.75) is 73.6 Å². The van der Waals surface area contributed by atoms with E-state index in [1.54, 1.807) is 18.2 Å². The predicted octanol–water partition coefficient (Wildman–Crippen LogP) is 6.46. The summed E-state index contributed by atoms with van der Waals surface area (Å²) in [4.78, 5) is 38.1. The van der Waals surface area contributed by atoms with Crippen LogP contribution >= 0.6 is 0 Å². The zero-order valence-corrected chi connectivity index (χ0v) is 23.4. The van der Waals surface area contributed by atoms with Crippen LogP contribution in [0.25, 0.3) is 16.8 Å². The molecule has 0 fully saturated rings. The van der Waals surface area contributed by atoms with E-state index in [-0.39, 0.29) is 17.0 Å². The van der Waals surface area contributed by atoms with E-state index in [2.05, 4.69) is 25.8 Å². The maximum absolute atomic E-state index is 16.0. The van der Waals surface area contributed by atoms with Crippen LogP contribution in [0.4, 0.5) is 4.39 Å². The molecule has 200 valence electrons. The third-order valence-corrected chi connectivity index (χ3v) is 5.61. The largest absolute Gasteiger partial charge is 0.496 e. The van der Waals surface area contributed by atoms with Crippen molar-refractivity contribution in [3.8, 4) is 22.6 Å². The van der Waals surface area contributed by atoms with Gasteiger partial charge in [0.25, 0.3) is 5.56 Å². The van der Waals surface area contributed by atoms with E-state index in [0.717, 1.165) is 16.0 Å². The van der Waals surface area contributed by atoms with Crippen molar-refractivity contribution in [3.63, 3.8) is 0 Å². The highest BCUT2D eigenvalue weighted by atomic mass is 19.1. The molecule has 1 aromatic heterocycles. The monoisotopic (exact) mass is 510 g/mol. The minimum atomic E-state index is -0.734. The molecule has 3 aromatic rings. The highest BCUT2D eigenvalue weighted by Crippen LogP contribution is 2.44. The lowest BCUT2D eigenvalue weighted by Gasteiger charge is -2.26. The number of nitrogens with one attached hydrogen (secondary N) is 1. The lowest BCUT2D eigenvalue weighted by Crippen LogP contribution is -2.28. The topological polar surface area (TPSA) is 81.2 Å². The molecule has 1 aliphatic carbocycles. The van der Waals surface area contributed by atoms with Gasteiger partial charge in [-0.15, -0.1) is 0 Å². The lowest BCUT2D eigenvalue weighted by molar-refractivity contribution is 0.0994. The van der Waals surface area contributed by atoms with E-state index in [4.69, 9.17) is 4.74 Å². The van der Waals surface area contributed by atoms with Gasteiger partial charge < -0.3 is 4.74 Å². The molecule has 0 aliphatic heterocycles. The Kier molecular flexibility index (Phi) is 9.79. The molecule has 0 amide bonds. The number of hydrogen-bond donors (Lipinski definition) is 1. The number of rotatable bonds is 3. The van der Waals surface area contributed by atoms with Crippen LogP contribution in [-0.2, 0) is 11.8 Å². The zero-order valence-electron chi connectivity index (χ0n) is 23.4. The van der Waals surface area contributed by atoms with E-state index in [1.165, 1.54) is 19.4 Å². The number of halogens is 1. The molecule has 0 saturated carbocycles. The summed E-state index contributed by atoms with van der Waals surface area (Å²) in [5, 5.41) is 0. The highest BCUT2D eigenvalue weighted by molar-refractivity contribution is 6.01. The molecule has 4 rings (SSSR count). The summed E-state index contributed by atoms with van der Waals surface area (Å²) in [7, 11) is 1.48. The number of hydrogen-bond acceptors (Lipinski definition) is 4. The first-order chi connectivity index (χ1) is 17.3. The minimum absolute atomic E-state index is 0.0125. The van der Waals surface area contributed by atoms with Crippen molar-refractivity contribution in [2.24, 2.45) is 5.92 Å². The van der Waals surface area contributed by atoms with Crippen LogP contribution in [0, 0.1) is 11.7 Å². The number of H-pyrrole nitrogens is 1. The Morgan fingerprint density at radius 2 is 1.62 bits per heavy atom. The quantitative estimate of drug-likeness (QED) is 0.439. The van der Waals surface area contributed by atoms with Crippen molar-refractivity contribution in [1.29, 1.82) is 0 Å². The van der Waals surface area contributed by atoms with Crippen molar-refractivity contribution in [1.82, 2.24) is 9.55 Å². The van der Waals surface area contributed by atoms with Gasteiger partial charge in [-0.05, 0) is 34.9 Å². The molecule has 1 aliphatic rings. The fourth-order valence-corrected chi connectivity index (χ4v) is 4.05. The smallest absolute Gasteiger partial charge is 0.333 e. The summed E-state index contributed by atoms with van der Waals surface area (Å²) in [5.41, 5.74) is 1.30. The summed E-state index contributed by atoms with van der Waals surface area (Å²) in [6.07, 6.45) is 2.30. The Hall–Kier alpha value is -3.48. The average Bonchev–Trinajstić information content (AvgIpc) is 3.19. The van der Waals surface area contributed by atoms with Crippen LogP contribution < -0.4 is 16.0 Å². The van der Waals surface area contributed by atoms with E-state index in [0.29, 0.717) is 35.3 Å². The van der Waals surface area contributed by atoms with Crippen LogP contribution in [0.5, 0.6) is 5.75 Å². The molecule has 2 aromatic carbocycles. The van der Waals surface area contributed by atoms with E-state index in [1.807, 2.05) is 40.7 Å². The van der Waals surface area contributed by atoms with Gasteiger partial charge in [0.1, 0.15) is 5.75 Å². The van der Waals surface area contributed by atoms with Crippen LogP contribution in [0.2, 0.25) is 0 Å². The number of aromatic amines is 1. The highest BCUT2D eigenvalue weighted by Gasteiger charge is 2.29. The number of carbonyl (C=O) groups excluding carboxylic acids is 1. The summed E-state index contributed by atoms with van der Waals surface area (Å²) in [6, 6.07) is 7.98. The first kappa shape index (κ1) is 29.7. The van der Waals surface area contributed by atoms with Crippen LogP contribution in [0.3, 0.4) is 0 Å². The van der Waals surface area contributed by atoms with Gasteiger partial charge in [-0.1, -0.05) is 73.6 Å². The number of aryl methyl sites for hydroxylation is 1. The minimum Gasteiger partial charge on any atom is -0.496 e. The number of nitrogens with zero attached hydrogens (tertiary/aromatic N) is 1. The molecule has 6 nitrogen and oxygen atoms in total. The molecule has 1 heterocycles. The first-order valence-corrected chi connectivity index (χ1v) is 12.7. The third kappa shape index (κ3) is 6.64. The van der Waals surface area contributed by atoms with Gasteiger partial charge in [-0.25, -0.2) is 9.18 Å². The second kappa shape index (κ2) is 12.2. The number of ketones is 1. The van der Waals surface area contributed by atoms with Crippen molar-refractivity contribution in [2.75, 3.05) is 7.11 Å². The molecule has 1 N–H and O–H groups in total. The van der Waals surface area contributed by atoms with Gasteiger partial charge in [0.2, 0.25) is 0 Å². The fraction of sp³-hybridized carbons (Fsp3) is 0.433. The van der Waals surface area contributed by atoms with Gasteiger partial charge in [0, 0.05) is 29.8 Å². The average molecular weight is 511 g/mol. The molecule has 0 radical (unpaired) electrons. The second-order valence-electron chi connectivity index (χ2n) is 10.4. The molecule has 0 spiro atoms. The van der Waals surface area contributed by atoms with Gasteiger partial charge in [-0.3, -0.25) is 19.1 Å². The summed E-state index contributed by atoms with van der Waals surface area (Å²) in [6.45, 7) is 16.4. The van der Waals surface area contributed by atoms with Crippen LogP contribution in [-0.4, -0.2) is 22.4 Å². The standard InChI is InChI=1S/C24H23FN2O4.C4H10.C2H6/c1-24(2,3)16-12-17(27-10-9-19(29)26-23(27)30)21(25)20(22(16)31-4)14-5-7-15-13(11-14)6-8-18(15)28;1-4(2)3;1-2/h5,7,9-12H,6,8H2,1-4H3,(H,26,29,30);4H,1-3H3;1-2H3. The maximum Gasteiger partial charge on any atom is 0.333 e. The summed E-state index contributed by atoms with van der Waals surface area (Å²) in [5.74, 6) is 0.636.